The second-order valence-corrected chi connectivity index (χ2v) is 4.86. The number of nitrogens with zero attached hydrogens (tertiary/aromatic N) is 1. The molecule has 0 spiro atoms. The number of carbonyl (C=O) groups is 1. The van der Waals surface area contributed by atoms with Gasteiger partial charge in [-0.3, -0.25) is 0 Å². The fourth-order valence-corrected chi connectivity index (χ4v) is 2.52. The van der Waals surface area contributed by atoms with Crippen LogP contribution in [0.1, 0.15) is 37.8 Å². The van der Waals surface area contributed by atoms with Crippen LogP contribution in [-0.4, -0.2) is 31.1 Å². The topological polar surface area (TPSA) is 41.6 Å². The minimum absolute atomic E-state index is 0.0557. The van der Waals surface area contributed by atoms with Crippen molar-refractivity contribution in [2.45, 2.75) is 32.2 Å². The minimum atomic E-state index is 0.0557. The van der Waals surface area contributed by atoms with Gasteiger partial charge in [0.2, 0.25) is 0 Å². The summed E-state index contributed by atoms with van der Waals surface area (Å²) in [6.07, 6.45) is 3.06. The zero-order valence-electron chi connectivity index (χ0n) is 11.7. The maximum Gasteiger partial charge on any atom is 0.317 e. The van der Waals surface area contributed by atoms with E-state index in [0.29, 0.717) is 0 Å². The van der Waals surface area contributed by atoms with Gasteiger partial charge < -0.3 is 15.0 Å². The summed E-state index contributed by atoms with van der Waals surface area (Å²) in [5.74, 6) is 0.851. The lowest BCUT2D eigenvalue weighted by atomic mass is 10.0. The van der Waals surface area contributed by atoms with Gasteiger partial charge in [-0.25, -0.2) is 4.79 Å². The first kappa shape index (κ1) is 13.7. The number of amides is 2. The highest BCUT2D eigenvalue weighted by molar-refractivity contribution is 5.75. The number of methoxy groups -OCH3 is 1. The molecule has 1 atom stereocenters. The van der Waals surface area contributed by atoms with E-state index in [-0.39, 0.29) is 12.1 Å². The summed E-state index contributed by atoms with van der Waals surface area (Å²) in [7, 11) is 1.66. The Hall–Kier alpha value is -1.71. The minimum Gasteiger partial charge on any atom is -0.497 e. The number of ether oxygens (including phenoxy) is 1. The van der Waals surface area contributed by atoms with Gasteiger partial charge in [0.1, 0.15) is 5.75 Å². The van der Waals surface area contributed by atoms with Crippen LogP contribution in [0.3, 0.4) is 0 Å². The molecule has 2 amide bonds. The molecular weight excluding hydrogens is 240 g/mol. The third-order valence-corrected chi connectivity index (χ3v) is 3.54. The van der Waals surface area contributed by atoms with Gasteiger partial charge in [0.25, 0.3) is 0 Å². The van der Waals surface area contributed by atoms with Crippen molar-refractivity contribution in [1.82, 2.24) is 10.2 Å². The second kappa shape index (κ2) is 6.45. The first-order valence-electron chi connectivity index (χ1n) is 6.94. The zero-order valence-corrected chi connectivity index (χ0v) is 11.7. The van der Waals surface area contributed by atoms with Gasteiger partial charge in [0.15, 0.2) is 0 Å². The number of rotatable bonds is 4. The summed E-state index contributed by atoms with van der Waals surface area (Å²) in [4.78, 5) is 14.0. The standard InChI is InChI=1S/C15H22N2O2/c1-3-10-16-15(18)17-11-4-5-14(17)12-6-8-13(19-2)9-7-12/h6-9,14H,3-5,10-11H2,1-2H3,(H,16,18)/t14-/m1/s1. The van der Waals surface area contributed by atoms with Gasteiger partial charge in [-0.2, -0.15) is 0 Å². The van der Waals surface area contributed by atoms with Crippen LogP contribution in [0.4, 0.5) is 4.79 Å². The maximum atomic E-state index is 12.1. The molecule has 1 aliphatic heterocycles. The molecule has 0 aliphatic carbocycles. The molecule has 4 heteroatoms. The third kappa shape index (κ3) is 3.19. The Balaban J connectivity index is 2.06. The van der Waals surface area contributed by atoms with Gasteiger partial charge >= 0.3 is 6.03 Å². The van der Waals surface area contributed by atoms with Gasteiger partial charge in [-0.05, 0) is 37.0 Å². The van der Waals surface area contributed by atoms with Crippen molar-refractivity contribution in [3.63, 3.8) is 0 Å². The van der Waals surface area contributed by atoms with E-state index in [1.54, 1.807) is 7.11 Å². The van der Waals surface area contributed by atoms with Crippen LogP contribution in [0.25, 0.3) is 0 Å². The van der Waals surface area contributed by atoms with Crippen molar-refractivity contribution >= 4 is 6.03 Å². The highest BCUT2D eigenvalue weighted by Crippen LogP contribution is 2.32. The van der Waals surface area contributed by atoms with Crippen molar-refractivity contribution in [2.75, 3.05) is 20.2 Å². The average molecular weight is 262 g/mol. The number of carbonyl (C=O) groups excluding carboxylic acids is 1. The molecule has 104 valence electrons. The predicted molar refractivity (Wildman–Crippen MR) is 75.4 cm³/mol. The van der Waals surface area contributed by atoms with Gasteiger partial charge in [0, 0.05) is 13.1 Å². The van der Waals surface area contributed by atoms with Crippen LogP contribution < -0.4 is 10.1 Å². The predicted octanol–water partition coefficient (Wildman–Crippen LogP) is 2.95. The molecule has 1 aromatic rings. The number of hydrogen-bond donors (Lipinski definition) is 1. The molecule has 0 aromatic heterocycles. The Bertz CT molecular complexity index is 417. The highest BCUT2D eigenvalue weighted by Gasteiger charge is 2.29. The van der Waals surface area contributed by atoms with E-state index in [1.807, 2.05) is 17.0 Å². The van der Waals surface area contributed by atoms with E-state index in [9.17, 15) is 4.79 Å². The Morgan fingerprint density at radius 1 is 1.42 bits per heavy atom. The smallest absolute Gasteiger partial charge is 0.317 e. The molecule has 0 saturated carbocycles. The molecule has 0 bridgehead atoms. The highest BCUT2D eigenvalue weighted by atomic mass is 16.5. The van der Waals surface area contributed by atoms with Crippen LogP contribution in [0.2, 0.25) is 0 Å². The molecule has 1 saturated heterocycles. The normalized spacial score (nSPS) is 18.4. The van der Waals surface area contributed by atoms with E-state index in [0.717, 1.165) is 38.1 Å². The Labute approximate surface area is 114 Å². The summed E-state index contributed by atoms with van der Waals surface area (Å²) in [6, 6.07) is 8.26. The van der Waals surface area contributed by atoms with Crippen molar-refractivity contribution < 1.29 is 9.53 Å². The van der Waals surface area contributed by atoms with Crippen LogP contribution in [0.5, 0.6) is 5.75 Å². The summed E-state index contributed by atoms with van der Waals surface area (Å²) in [5, 5.41) is 2.96. The molecule has 1 heterocycles. The van der Waals surface area contributed by atoms with Crippen LogP contribution in [-0.2, 0) is 0 Å². The van der Waals surface area contributed by atoms with E-state index >= 15 is 0 Å². The number of nitrogens with one attached hydrogen (secondary N) is 1. The molecule has 1 fully saturated rings. The molecular formula is C15H22N2O2. The summed E-state index contributed by atoms with van der Waals surface area (Å²) >= 11 is 0. The van der Waals surface area contributed by atoms with Gasteiger partial charge in [-0.1, -0.05) is 19.1 Å². The van der Waals surface area contributed by atoms with Crippen molar-refractivity contribution in [3.8, 4) is 5.75 Å². The molecule has 1 N–H and O–H groups in total. The molecule has 0 radical (unpaired) electrons. The van der Waals surface area contributed by atoms with Crippen molar-refractivity contribution in [2.24, 2.45) is 0 Å². The quantitative estimate of drug-likeness (QED) is 0.906. The van der Waals surface area contributed by atoms with Crippen molar-refractivity contribution in [3.05, 3.63) is 29.8 Å². The van der Waals surface area contributed by atoms with E-state index in [1.165, 1.54) is 5.56 Å². The van der Waals surface area contributed by atoms with Crippen molar-refractivity contribution in [1.29, 1.82) is 0 Å². The van der Waals surface area contributed by atoms with Gasteiger partial charge in [-0.15, -0.1) is 0 Å². The lowest BCUT2D eigenvalue weighted by molar-refractivity contribution is 0.193. The number of hydrogen-bond acceptors (Lipinski definition) is 2. The first-order chi connectivity index (χ1) is 9.26. The molecule has 1 aromatic carbocycles. The molecule has 19 heavy (non-hydrogen) atoms. The Kier molecular flexibility index (Phi) is 4.66. The summed E-state index contributed by atoms with van der Waals surface area (Å²) in [6.45, 7) is 3.64. The number of urea groups is 1. The van der Waals surface area contributed by atoms with Crippen LogP contribution >= 0.6 is 0 Å². The molecule has 4 nitrogen and oxygen atoms in total. The first-order valence-corrected chi connectivity index (χ1v) is 6.94. The van der Waals surface area contributed by atoms with E-state index < -0.39 is 0 Å². The Morgan fingerprint density at radius 3 is 2.79 bits per heavy atom. The summed E-state index contributed by atoms with van der Waals surface area (Å²) in [5.41, 5.74) is 1.19. The Morgan fingerprint density at radius 2 is 2.16 bits per heavy atom. The van der Waals surface area contributed by atoms with E-state index in [4.69, 9.17) is 4.74 Å². The number of likely N-dealkylation sites (tertiary alicyclic amines) is 1. The van der Waals surface area contributed by atoms with Crippen LogP contribution in [0, 0.1) is 0 Å². The van der Waals surface area contributed by atoms with Gasteiger partial charge in [0.05, 0.1) is 13.2 Å². The van der Waals surface area contributed by atoms with Crippen LogP contribution in [0.15, 0.2) is 24.3 Å². The lowest BCUT2D eigenvalue weighted by Gasteiger charge is -2.25. The second-order valence-electron chi connectivity index (χ2n) is 4.86. The average Bonchev–Trinajstić information content (AvgIpc) is 2.94. The van der Waals surface area contributed by atoms with E-state index in [2.05, 4.69) is 24.4 Å². The monoisotopic (exact) mass is 262 g/mol. The zero-order chi connectivity index (χ0) is 13.7. The fraction of sp³-hybridized carbons (Fsp3) is 0.533. The number of benzene rings is 1. The fourth-order valence-electron chi connectivity index (χ4n) is 2.52. The lowest BCUT2D eigenvalue weighted by Crippen LogP contribution is -2.39. The molecule has 0 unspecified atom stereocenters. The summed E-state index contributed by atoms with van der Waals surface area (Å²) < 4.78 is 5.17. The molecule has 2 rings (SSSR count). The third-order valence-electron chi connectivity index (χ3n) is 3.54. The largest absolute Gasteiger partial charge is 0.497 e. The SMILES string of the molecule is CCCNC(=O)N1CCC[C@@H]1c1ccc(OC)cc1. The maximum absolute atomic E-state index is 12.1. The molecule has 1 aliphatic rings.